The SMILES string of the molecule is Clc1ccc(CN2CCc3cnc(-c4ccccn4)nc3C2)c(Cl)n1. The van der Waals surface area contributed by atoms with Crippen LogP contribution < -0.4 is 0 Å². The Bertz CT molecular complexity index is 901. The molecule has 0 aliphatic carbocycles. The van der Waals surface area contributed by atoms with Gasteiger partial charge < -0.3 is 0 Å². The van der Waals surface area contributed by atoms with Crippen molar-refractivity contribution in [1.82, 2.24) is 24.8 Å². The van der Waals surface area contributed by atoms with Crippen LogP contribution in [-0.2, 0) is 19.5 Å². The predicted molar refractivity (Wildman–Crippen MR) is 97.3 cm³/mol. The summed E-state index contributed by atoms with van der Waals surface area (Å²) in [6, 6.07) is 9.43. The van der Waals surface area contributed by atoms with E-state index in [1.54, 1.807) is 12.3 Å². The van der Waals surface area contributed by atoms with Crippen LogP contribution in [0.3, 0.4) is 0 Å². The molecular weight excluding hydrogens is 357 g/mol. The molecule has 1 aliphatic heterocycles. The monoisotopic (exact) mass is 371 g/mol. The molecule has 0 bridgehead atoms. The molecule has 0 unspecified atom stereocenters. The van der Waals surface area contributed by atoms with Crippen molar-refractivity contribution < 1.29 is 0 Å². The molecule has 0 N–H and O–H groups in total. The van der Waals surface area contributed by atoms with Gasteiger partial charge in [0.15, 0.2) is 5.82 Å². The Hall–Kier alpha value is -2.08. The van der Waals surface area contributed by atoms with Gasteiger partial charge in [-0.1, -0.05) is 35.3 Å². The number of pyridine rings is 2. The summed E-state index contributed by atoms with van der Waals surface area (Å²) >= 11 is 12.1. The molecule has 25 heavy (non-hydrogen) atoms. The first kappa shape index (κ1) is 16.4. The molecule has 0 spiro atoms. The molecule has 5 nitrogen and oxygen atoms in total. The standard InChI is InChI=1S/C18H15Cl2N5/c19-16-5-4-13(17(20)24-16)10-25-8-6-12-9-22-18(23-15(12)11-25)14-3-1-2-7-21-14/h1-5,7,9H,6,8,10-11H2. The Morgan fingerprint density at radius 2 is 1.96 bits per heavy atom. The van der Waals surface area contributed by atoms with Crippen molar-refractivity contribution in [3.05, 3.63) is 69.9 Å². The second kappa shape index (κ2) is 7.04. The van der Waals surface area contributed by atoms with E-state index in [4.69, 9.17) is 28.2 Å². The van der Waals surface area contributed by atoms with Crippen molar-refractivity contribution >= 4 is 23.2 Å². The minimum absolute atomic E-state index is 0.408. The maximum absolute atomic E-state index is 6.20. The molecule has 1 aliphatic rings. The fourth-order valence-corrected chi connectivity index (χ4v) is 3.32. The first-order chi connectivity index (χ1) is 12.2. The lowest BCUT2D eigenvalue weighted by molar-refractivity contribution is 0.241. The molecular formula is C18H15Cl2N5. The summed E-state index contributed by atoms with van der Waals surface area (Å²) in [4.78, 5) is 19.9. The lowest BCUT2D eigenvalue weighted by Crippen LogP contribution is -2.31. The van der Waals surface area contributed by atoms with Crippen molar-refractivity contribution in [2.24, 2.45) is 0 Å². The van der Waals surface area contributed by atoms with Gasteiger partial charge in [0.05, 0.1) is 5.69 Å². The van der Waals surface area contributed by atoms with E-state index < -0.39 is 0 Å². The highest BCUT2D eigenvalue weighted by Crippen LogP contribution is 2.23. The maximum atomic E-state index is 6.20. The van der Waals surface area contributed by atoms with Crippen LogP contribution in [0, 0.1) is 0 Å². The quantitative estimate of drug-likeness (QED) is 0.655. The van der Waals surface area contributed by atoms with Crippen LogP contribution in [-0.4, -0.2) is 31.4 Å². The molecule has 0 amide bonds. The van der Waals surface area contributed by atoms with Crippen LogP contribution in [0.1, 0.15) is 16.8 Å². The van der Waals surface area contributed by atoms with Crippen LogP contribution in [0.15, 0.2) is 42.7 Å². The smallest absolute Gasteiger partial charge is 0.178 e. The Kier molecular flexibility index (Phi) is 4.61. The Balaban J connectivity index is 1.56. The van der Waals surface area contributed by atoms with Crippen molar-refractivity contribution in [2.75, 3.05) is 6.54 Å². The normalized spacial score (nSPS) is 14.3. The van der Waals surface area contributed by atoms with Gasteiger partial charge in [0.1, 0.15) is 16.0 Å². The van der Waals surface area contributed by atoms with Crippen LogP contribution in [0.25, 0.3) is 11.5 Å². The number of nitrogens with zero attached hydrogens (tertiary/aromatic N) is 5. The van der Waals surface area contributed by atoms with Crippen LogP contribution in [0.5, 0.6) is 0 Å². The second-order valence-corrected chi connectivity index (χ2v) is 6.67. The topological polar surface area (TPSA) is 54.8 Å². The van der Waals surface area contributed by atoms with Gasteiger partial charge in [-0.3, -0.25) is 9.88 Å². The molecule has 126 valence electrons. The van der Waals surface area contributed by atoms with Crippen molar-refractivity contribution in [1.29, 1.82) is 0 Å². The fourth-order valence-electron chi connectivity index (χ4n) is 2.91. The zero-order valence-electron chi connectivity index (χ0n) is 13.4. The maximum Gasteiger partial charge on any atom is 0.178 e. The van der Waals surface area contributed by atoms with E-state index in [9.17, 15) is 0 Å². The summed E-state index contributed by atoms with van der Waals surface area (Å²) in [5.74, 6) is 0.660. The lowest BCUT2D eigenvalue weighted by Gasteiger charge is -2.28. The average molecular weight is 372 g/mol. The fraction of sp³-hybridized carbons (Fsp3) is 0.222. The molecule has 0 atom stereocenters. The molecule has 7 heteroatoms. The van der Waals surface area contributed by atoms with E-state index in [0.717, 1.165) is 36.5 Å². The Labute approximate surface area is 155 Å². The highest BCUT2D eigenvalue weighted by Gasteiger charge is 2.20. The van der Waals surface area contributed by atoms with Gasteiger partial charge in [-0.05, 0) is 30.2 Å². The van der Waals surface area contributed by atoms with Gasteiger partial charge in [-0.2, -0.15) is 0 Å². The molecule has 4 rings (SSSR count). The molecule has 0 saturated heterocycles. The van der Waals surface area contributed by atoms with Gasteiger partial charge in [0.2, 0.25) is 0 Å². The van der Waals surface area contributed by atoms with E-state index in [1.165, 1.54) is 5.56 Å². The third-order valence-electron chi connectivity index (χ3n) is 4.20. The van der Waals surface area contributed by atoms with Gasteiger partial charge in [-0.15, -0.1) is 0 Å². The van der Waals surface area contributed by atoms with Crippen LogP contribution >= 0.6 is 23.2 Å². The Morgan fingerprint density at radius 3 is 2.76 bits per heavy atom. The number of rotatable bonds is 3. The third kappa shape index (κ3) is 3.63. The highest BCUT2D eigenvalue weighted by atomic mass is 35.5. The number of aromatic nitrogens is 4. The summed E-state index contributed by atoms with van der Waals surface area (Å²) in [6.07, 6.45) is 4.58. The predicted octanol–water partition coefficient (Wildman–Crippen LogP) is 3.80. The summed E-state index contributed by atoms with van der Waals surface area (Å²) in [7, 11) is 0. The summed E-state index contributed by atoms with van der Waals surface area (Å²) in [5.41, 5.74) is 3.98. The largest absolute Gasteiger partial charge is 0.293 e. The minimum atomic E-state index is 0.408. The average Bonchev–Trinajstić information content (AvgIpc) is 2.64. The molecule has 0 aromatic carbocycles. The molecule has 3 aromatic heterocycles. The second-order valence-electron chi connectivity index (χ2n) is 5.93. The van der Waals surface area contributed by atoms with Crippen molar-refractivity contribution in [2.45, 2.75) is 19.5 Å². The van der Waals surface area contributed by atoms with Crippen LogP contribution in [0.4, 0.5) is 0 Å². The van der Waals surface area contributed by atoms with E-state index in [-0.39, 0.29) is 0 Å². The molecule has 3 aromatic rings. The number of hydrogen-bond acceptors (Lipinski definition) is 5. The first-order valence-corrected chi connectivity index (χ1v) is 8.74. The van der Waals surface area contributed by atoms with Gasteiger partial charge in [0.25, 0.3) is 0 Å². The summed E-state index contributed by atoms with van der Waals surface area (Å²) in [5, 5.41) is 0.862. The first-order valence-electron chi connectivity index (χ1n) is 7.98. The zero-order valence-corrected chi connectivity index (χ0v) is 14.9. The van der Waals surface area contributed by atoms with Gasteiger partial charge in [-0.25, -0.2) is 15.0 Å². The van der Waals surface area contributed by atoms with Crippen molar-refractivity contribution in [3.8, 4) is 11.5 Å². The van der Waals surface area contributed by atoms with Gasteiger partial charge >= 0.3 is 0 Å². The zero-order chi connectivity index (χ0) is 17.2. The van der Waals surface area contributed by atoms with E-state index in [2.05, 4.69) is 19.9 Å². The number of fused-ring (bicyclic) bond motifs is 1. The lowest BCUT2D eigenvalue weighted by atomic mass is 10.1. The Morgan fingerprint density at radius 1 is 1.04 bits per heavy atom. The van der Waals surface area contributed by atoms with E-state index in [0.29, 0.717) is 22.7 Å². The molecule has 0 saturated carbocycles. The number of hydrogen-bond donors (Lipinski definition) is 0. The highest BCUT2D eigenvalue weighted by molar-refractivity contribution is 6.32. The summed E-state index contributed by atoms with van der Waals surface area (Å²) in [6.45, 7) is 2.39. The van der Waals surface area contributed by atoms with Crippen molar-refractivity contribution in [3.63, 3.8) is 0 Å². The number of halogens is 2. The van der Waals surface area contributed by atoms with Crippen LogP contribution in [0.2, 0.25) is 10.3 Å². The molecule has 4 heterocycles. The third-order valence-corrected chi connectivity index (χ3v) is 4.74. The van der Waals surface area contributed by atoms with E-state index >= 15 is 0 Å². The van der Waals surface area contributed by atoms with E-state index in [1.807, 2.05) is 30.5 Å². The molecule has 0 fully saturated rings. The molecule has 0 radical (unpaired) electrons. The van der Waals surface area contributed by atoms with Gasteiger partial charge in [0, 0.05) is 37.6 Å². The minimum Gasteiger partial charge on any atom is -0.293 e. The summed E-state index contributed by atoms with van der Waals surface area (Å²) < 4.78 is 0.